The predicted molar refractivity (Wildman–Crippen MR) is 85.2 cm³/mol. The summed E-state index contributed by atoms with van der Waals surface area (Å²) in [5.74, 6) is 0.891. The summed E-state index contributed by atoms with van der Waals surface area (Å²) in [6, 6.07) is 6.21. The Balaban J connectivity index is 1.98. The summed E-state index contributed by atoms with van der Waals surface area (Å²) in [4.78, 5) is 6.52. The molecular formula is C14H22N4O3S. The molecule has 22 heavy (non-hydrogen) atoms. The molecule has 0 saturated carbocycles. The molecule has 0 unspecified atom stereocenters. The molecule has 0 saturated heterocycles. The number of rotatable bonds is 6. The fourth-order valence-corrected chi connectivity index (χ4v) is 3.01. The van der Waals surface area contributed by atoms with E-state index in [0.717, 1.165) is 19.4 Å². The molecule has 7 nitrogen and oxygen atoms in total. The van der Waals surface area contributed by atoms with Crippen LogP contribution < -0.4 is 14.8 Å². The summed E-state index contributed by atoms with van der Waals surface area (Å²) in [7, 11) is -2.10. The number of unbranched alkanes of at least 4 members (excludes halogenated alkanes) is 1. The van der Waals surface area contributed by atoms with Crippen LogP contribution in [0.5, 0.6) is 5.75 Å². The Morgan fingerprint density at radius 3 is 2.64 bits per heavy atom. The molecule has 0 radical (unpaired) electrons. The fraction of sp³-hybridized carbons (Fsp3) is 0.500. The van der Waals surface area contributed by atoms with Crippen molar-refractivity contribution in [1.82, 2.24) is 14.9 Å². The zero-order valence-electron chi connectivity index (χ0n) is 12.9. The van der Waals surface area contributed by atoms with Gasteiger partial charge < -0.3 is 10.1 Å². The highest BCUT2D eigenvalue weighted by Gasteiger charge is 2.19. The second-order valence-corrected chi connectivity index (χ2v) is 6.69. The van der Waals surface area contributed by atoms with Crippen LogP contribution in [-0.4, -0.2) is 46.3 Å². The second kappa shape index (κ2) is 7.46. The molecule has 0 atom stereocenters. The van der Waals surface area contributed by atoms with E-state index in [1.807, 2.05) is 0 Å². The average Bonchev–Trinajstić information content (AvgIpc) is 2.54. The van der Waals surface area contributed by atoms with Crippen LogP contribution in [0.3, 0.4) is 0 Å². The summed E-state index contributed by atoms with van der Waals surface area (Å²) in [5.41, 5.74) is 0. The number of hydrogen-bond donors (Lipinski definition) is 2. The minimum atomic E-state index is -3.64. The number of methoxy groups -OCH3 is 1. The number of aliphatic imine (C=N–C) groups is 1. The standard InChI is InChI=1S/C14H22N4O3S/c1-3-4-9-18-10-15-14(16-11-18)17-22(19,20)13-7-5-12(21-2)6-8-13/h5-8H,3-4,9-11H2,1-2H3,(H2,15,16,17). The van der Waals surface area contributed by atoms with Gasteiger partial charge in [-0.2, -0.15) is 0 Å². The van der Waals surface area contributed by atoms with E-state index in [4.69, 9.17) is 4.74 Å². The molecule has 1 aliphatic heterocycles. The maximum atomic E-state index is 12.3. The van der Waals surface area contributed by atoms with Gasteiger partial charge in [0.15, 0.2) is 0 Å². The van der Waals surface area contributed by atoms with Gasteiger partial charge >= 0.3 is 0 Å². The van der Waals surface area contributed by atoms with Crippen LogP contribution >= 0.6 is 0 Å². The van der Waals surface area contributed by atoms with E-state index < -0.39 is 10.0 Å². The summed E-state index contributed by atoms with van der Waals surface area (Å²) in [6.07, 6.45) is 2.22. The van der Waals surface area contributed by atoms with Crippen molar-refractivity contribution in [2.75, 3.05) is 27.0 Å². The molecule has 1 heterocycles. The topological polar surface area (TPSA) is 83.0 Å². The Labute approximate surface area is 131 Å². The molecule has 0 aliphatic carbocycles. The number of ether oxygens (including phenoxy) is 1. The number of hydrogen-bond acceptors (Lipinski definition) is 6. The monoisotopic (exact) mass is 326 g/mol. The smallest absolute Gasteiger partial charge is 0.264 e. The van der Waals surface area contributed by atoms with Crippen molar-refractivity contribution in [2.24, 2.45) is 4.99 Å². The van der Waals surface area contributed by atoms with Gasteiger partial charge in [0.2, 0.25) is 5.96 Å². The molecule has 2 rings (SSSR count). The molecule has 1 aromatic rings. The fourth-order valence-electron chi connectivity index (χ4n) is 2.00. The molecule has 1 aliphatic rings. The van der Waals surface area contributed by atoms with Gasteiger partial charge in [0.1, 0.15) is 5.75 Å². The summed E-state index contributed by atoms with van der Waals surface area (Å²) >= 11 is 0. The van der Waals surface area contributed by atoms with E-state index >= 15 is 0 Å². The normalized spacial score (nSPS) is 15.8. The minimum absolute atomic E-state index is 0.172. The first-order valence-corrected chi connectivity index (χ1v) is 8.71. The number of sulfonamides is 1. The van der Waals surface area contributed by atoms with E-state index in [1.54, 1.807) is 12.1 Å². The summed E-state index contributed by atoms with van der Waals surface area (Å²) < 4.78 is 32.0. The van der Waals surface area contributed by atoms with Crippen molar-refractivity contribution >= 4 is 16.0 Å². The molecule has 8 heteroatoms. The molecule has 0 spiro atoms. The molecule has 122 valence electrons. The van der Waals surface area contributed by atoms with Gasteiger partial charge in [0.05, 0.1) is 25.3 Å². The molecule has 1 aromatic carbocycles. The van der Waals surface area contributed by atoms with Gasteiger partial charge in [-0.05, 0) is 30.7 Å². The van der Waals surface area contributed by atoms with E-state index in [0.29, 0.717) is 19.1 Å². The number of nitrogens with one attached hydrogen (secondary N) is 2. The van der Waals surface area contributed by atoms with Gasteiger partial charge in [-0.1, -0.05) is 13.3 Å². The Morgan fingerprint density at radius 2 is 2.09 bits per heavy atom. The van der Waals surface area contributed by atoms with Crippen LogP contribution in [0.2, 0.25) is 0 Å². The van der Waals surface area contributed by atoms with Crippen LogP contribution in [0.15, 0.2) is 34.2 Å². The van der Waals surface area contributed by atoms with Gasteiger partial charge in [-0.15, -0.1) is 0 Å². The lowest BCUT2D eigenvalue weighted by Crippen LogP contribution is -2.50. The van der Waals surface area contributed by atoms with Crippen LogP contribution in [0, 0.1) is 0 Å². The van der Waals surface area contributed by atoms with E-state index in [1.165, 1.54) is 19.2 Å². The lowest BCUT2D eigenvalue weighted by molar-refractivity contribution is 0.259. The Bertz CT molecular complexity index is 613. The number of guanidine groups is 1. The van der Waals surface area contributed by atoms with Crippen molar-refractivity contribution in [3.8, 4) is 5.75 Å². The maximum Gasteiger partial charge on any atom is 0.264 e. The Hall–Kier alpha value is -1.80. The SMILES string of the molecule is CCCCN1CN=C(NS(=O)(=O)c2ccc(OC)cc2)NC1. The first kappa shape index (κ1) is 16.6. The molecule has 0 bridgehead atoms. The minimum Gasteiger partial charge on any atom is -0.497 e. The molecular weight excluding hydrogens is 304 g/mol. The lowest BCUT2D eigenvalue weighted by Gasteiger charge is -2.26. The van der Waals surface area contributed by atoms with Crippen LogP contribution in [-0.2, 0) is 10.0 Å². The molecule has 0 fully saturated rings. The van der Waals surface area contributed by atoms with Crippen molar-refractivity contribution in [3.63, 3.8) is 0 Å². The Kier molecular flexibility index (Phi) is 5.62. The van der Waals surface area contributed by atoms with Crippen LogP contribution in [0.4, 0.5) is 0 Å². The average molecular weight is 326 g/mol. The van der Waals surface area contributed by atoms with E-state index in [9.17, 15) is 8.42 Å². The van der Waals surface area contributed by atoms with Crippen LogP contribution in [0.25, 0.3) is 0 Å². The number of benzene rings is 1. The molecule has 0 aromatic heterocycles. The maximum absolute atomic E-state index is 12.3. The lowest BCUT2D eigenvalue weighted by atomic mass is 10.3. The highest BCUT2D eigenvalue weighted by atomic mass is 32.2. The Morgan fingerprint density at radius 1 is 1.36 bits per heavy atom. The third-order valence-corrected chi connectivity index (χ3v) is 4.68. The quantitative estimate of drug-likeness (QED) is 0.813. The van der Waals surface area contributed by atoms with Gasteiger partial charge in [0, 0.05) is 6.54 Å². The van der Waals surface area contributed by atoms with Gasteiger partial charge in [-0.3, -0.25) is 4.90 Å². The first-order chi connectivity index (χ1) is 10.5. The predicted octanol–water partition coefficient (Wildman–Crippen LogP) is 0.950. The zero-order valence-corrected chi connectivity index (χ0v) is 13.7. The zero-order chi connectivity index (χ0) is 16.0. The first-order valence-electron chi connectivity index (χ1n) is 7.22. The summed E-state index contributed by atoms with van der Waals surface area (Å²) in [5, 5.41) is 2.99. The van der Waals surface area contributed by atoms with Crippen molar-refractivity contribution < 1.29 is 13.2 Å². The van der Waals surface area contributed by atoms with Gasteiger partial charge in [-0.25, -0.2) is 18.1 Å². The van der Waals surface area contributed by atoms with Crippen molar-refractivity contribution in [2.45, 2.75) is 24.7 Å². The molecule has 0 amide bonds. The van der Waals surface area contributed by atoms with Gasteiger partial charge in [0.25, 0.3) is 10.0 Å². The molecule has 2 N–H and O–H groups in total. The van der Waals surface area contributed by atoms with E-state index in [-0.39, 0.29) is 10.9 Å². The number of nitrogens with zero attached hydrogens (tertiary/aromatic N) is 2. The van der Waals surface area contributed by atoms with Crippen molar-refractivity contribution in [3.05, 3.63) is 24.3 Å². The summed E-state index contributed by atoms with van der Waals surface area (Å²) in [6.45, 7) is 4.16. The van der Waals surface area contributed by atoms with Crippen molar-refractivity contribution in [1.29, 1.82) is 0 Å². The third kappa shape index (κ3) is 4.35. The highest BCUT2D eigenvalue weighted by molar-refractivity contribution is 7.90. The third-order valence-electron chi connectivity index (χ3n) is 3.33. The van der Waals surface area contributed by atoms with E-state index in [2.05, 4.69) is 26.9 Å². The highest BCUT2D eigenvalue weighted by Crippen LogP contribution is 2.15. The second-order valence-electron chi connectivity index (χ2n) is 5.01. The largest absolute Gasteiger partial charge is 0.497 e. The van der Waals surface area contributed by atoms with Crippen LogP contribution in [0.1, 0.15) is 19.8 Å².